The van der Waals surface area contributed by atoms with Gasteiger partial charge in [0.25, 0.3) is 0 Å². The first-order valence-corrected chi connectivity index (χ1v) is 32.4. The van der Waals surface area contributed by atoms with Gasteiger partial charge in [-0.15, -0.1) is 0 Å². The number of hydrogen-bond donors (Lipinski definition) is 1. The Morgan fingerprint density at radius 2 is 0.513 bits per heavy atom. The highest BCUT2D eigenvalue weighted by Crippen LogP contribution is 2.16. The number of allylic oxidation sites excluding steroid dienone is 24. The highest BCUT2D eigenvalue weighted by Gasteiger charge is 2.16. The third-order valence-electron chi connectivity index (χ3n) is 13.6. The van der Waals surface area contributed by atoms with E-state index < -0.39 is 6.10 Å². The summed E-state index contributed by atoms with van der Waals surface area (Å²) in [5.41, 5.74) is 0. The number of aliphatic hydroxyl groups is 1. The number of unbranched alkanes of at least 4 members (excludes halogenated alkanes) is 26. The minimum atomic E-state index is -0.784. The van der Waals surface area contributed by atoms with Gasteiger partial charge in [0.2, 0.25) is 0 Å². The van der Waals surface area contributed by atoms with E-state index in [9.17, 15) is 14.7 Å². The van der Waals surface area contributed by atoms with Gasteiger partial charge in [-0.05, 0) is 116 Å². The molecule has 0 rings (SSSR count). The highest BCUT2D eigenvalue weighted by atomic mass is 16.6. The van der Waals surface area contributed by atoms with E-state index in [4.69, 9.17) is 9.47 Å². The van der Waals surface area contributed by atoms with E-state index in [2.05, 4.69) is 160 Å². The molecule has 442 valence electrons. The molecule has 0 aliphatic heterocycles. The average molecular weight is 1080 g/mol. The van der Waals surface area contributed by atoms with Gasteiger partial charge >= 0.3 is 11.9 Å². The van der Waals surface area contributed by atoms with Gasteiger partial charge in [0.15, 0.2) is 6.10 Å². The van der Waals surface area contributed by atoms with Gasteiger partial charge < -0.3 is 14.6 Å². The molecule has 0 saturated heterocycles. The lowest BCUT2D eigenvalue weighted by molar-refractivity contribution is -0.161. The van der Waals surface area contributed by atoms with Crippen LogP contribution in [0, 0.1) is 0 Å². The molecule has 0 heterocycles. The van der Waals surface area contributed by atoms with E-state index in [1.807, 2.05) is 0 Å². The maximum atomic E-state index is 12.4. The summed E-state index contributed by atoms with van der Waals surface area (Å²) in [6, 6.07) is 0. The summed E-state index contributed by atoms with van der Waals surface area (Å²) in [4.78, 5) is 24.6. The van der Waals surface area contributed by atoms with Crippen molar-refractivity contribution in [3.63, 3.8) is 0 Å². The van der Waals surface area contributed by atoms with Crippen molar-refractivity contribution in [2.45, 2.75) is 290 Å². The second-order valence-corrected chi connectivity index (χ2v) is 21.1. The van der Waals surface area contributed by atoms with E-state index >= 15 is 0 Å². The number of carbonyl (C=O) groups excluding carboxylic acids is 2. The van der Waals surface area contributed by atoms with Crippen LogP contribution >= 0.6 is 0 Å². The second-order valence-electron chi connectivity index (χ2n) is 21.1. The highest BCUT2D eigenvalue weighted by molar-refractivity contribution is 5.70. The normalized spacial score (nSPS) is 13.2. The molecular weight excluding hydrogens is 957 g/mol. The van der Waals surface area contributed by atoms with Gasteiger partial charge in [-0.3, -0.25) is 9.59 Å². The fourth-order valence-electron chi connectivity index (χ4n) is 8.86. The summed E-state index contributed by atoms with van der Waals surface area (Å²) >= 11 is 0. The Balaban J connectivity index is 3.51. The summed E-state index contributed by atoms with van der Waals surface area (Å²) in [5, 5.41) is 9.69. The third kappa shape index (κ3) is 64.3. The van der Waals surface area contributed by atoms with Gasteiger partial charge in [0, 0.05) is 12.8 Å². The first kappa shape index (κ1) is 73.8. The zero-order valence-electron chi connectivity index (χ0n) is 50.6. The Hall–Kier alpha value is -4.22. The Kier molecular flexibility index (Phi) is 63.4. The summed E-state index contributed by atoms with van der Waals surface area (Å²) in [5.74, 6) is -0.597. The van der Waals surface area contributed by atoms with E-state index in [1.165, 1.54) is 141 Å². The zero-order valence-corrected chi connectivity index (χ0v) is 50.6. The molecule has 5 heteroatoms. The molecule has 1 N–H and O–H groups in total. The lowest BCUT2D eigenvalue weighted by atomic mass is 10.0. The molecule has 0 radical (unpaired) electrons. The lowest BCUT2D eigenvalue weighted by Gasteiger charge is -2.15. The van der Waals surface area contributed by atoms with Crippen LogP contribution < -0.4 is 0 Å². The topological polar surface area (TPSA) is 72.8 Å². The van der Waals surface area contributed by atoms with Crippen molar-refractivity contribution in [3.8, 4) is 0 Å². The lowest BCUT2D eigenvalue weighted by Crippen LogP contribution is -2.28. The minimum Gasteiger partial charge on any atom is -0.462 e. The van der Waals surface area contributed by atoms with Crippen molar-refractivity contribution in [2.24, 2.45) is 0 Å². The van der Waals surface area contributed by atoms with Crippen molar-refractivity contribution < 1.29 is 24.2 Å². The molecule has 5 nitrogen and oxygen atoms in total. The fraction of sp³-hybridized carbons (Fsp3) is 0.644. The molecule has 0 spiro atoms. The van der Waals surface area contributed by atoms with Crippen molar-refractivity contribution in [2.75, 3.05) is 13.2 Å². The van der Waals surface area contributed by atoms with Crippen LogP contribution in [0.5, 0.6) is 0 Å². The van der Waals surface area contributed by atoms with Crippen LogP contribution in [0.4, 0.5) is 0 Å². The van der Waals surface area contributed by atoms with Crippen LogP contribution in [0.25, 0.3) is 0 Å². The number of carbonyl (C=O) groups is 2. The molecule has 0 aliphatic rings. The van der Waals surface area contributed by atoms with Crippen LogP contribution in [0.15, 0.2) is 146 Å². The molecule has 0 amide bonds. The van der Waals surface area contributed by atoms with Gasteiger partial charge in [-0.25, -0.2) is 0 Å². The van der Waals surface area contributed by atoms with Crippen molar-refractivity contribution in [3.05, 3.63) is 146 Å². The van der Waals surface area contributed by atoms with E-state index in [-0.39, 0.29) is 25.2 Å². The molecule has 0 saturated carbocycles. The molecule has 0 bridgehead atoms. The van der Waals surface area contributed by atoms with Gasteiger partial charge in [-0.2, -0.15) is 0 Å². The van der Waals surface area contributed by atoms with Crippen molar-refractivity contribution >= 4 is 11.9 Å². The van der Waals surface area contributed by atoms with Crippen LogP contribution in [0.2, 0.25) is 0 Å². The van der Waals surface area contributed by atoms with Gasteiger partial charge in [0.1, 0.15) is 6.61 Å². The molecule has 0 aromatic heterocycles. The monoisotopic (exact) mass is 1080 g/mol. The fourth-order valence-corrected chi connectivity index (χ4v) is 8.86. The molecule has 0 aromatic rings. The molecule has 1 atom stereocenters. The standard InChI is InChI=1S/C73H120O5/c1-3-5-7-9-11-13-15-17-19-21-23-25-27-29-30-31-32-33-34-35-36-37-38-39-40-41-42-44-46-48-50-52-54-56-58-60-62-64-66-68-73(76)78-71(69-74)70-77-72(75)67-65-63-61-59-57-55-53-51-49-47-45-43-28-26-24-22-20-18-16-14-12-10-8-6-4-2/h5-8,11-14,17-20,23-26,29-30,32-33,35-36,43,45,71,74H,3-4,9-10,15-16,21-22,27-28,31,34,37-42,44,46-70H2,1-2H3/b7-5-,8-6-,13-11-,14-12-,19-17-,20-18-,25-23-,26-24-,30-29-,33-32-,36-35-,45-43-. The predicted octanol–water partition coefficient (Wildman–Crippen LogP) is 22.5. The first-order chi connectivity index (χ1) is 38.6. The summed E-state index contributed by atoms with van der Waals surface area (Å²) < 4.78 is 10.7. The quantitative estimate of drug-likeness (QED) is 0.0373. The average Bonchev–Trinajstić information content (AvgIpc) is 3.44. The summed E-state index contributed by atoms with van der Waals surface area (Å²) in [6.45, 7) is 3.92. The SMILES string of the molecule is CC/C=C\C/C=C\C/C=C\C/C=C\C/C=C\C/C=C\C/C=C\CCCCCCCCCCCCCCCCCCCC(=O)OC(CO)COC(=O)CCCCCCCCCCC/C=C\C/C=C\C/C=C\C/C=C\C/C=C\CC. The van der Waals surface area contributed by atoms with Crippen LogP contribution in [-0.4, -0.2) is 36.4 Å². The maximum absolute atomic E-state index is 12.4. The van der Waals surface area contributed by atoms with Crippen molar-refractivity contribution in [1.82, 2.24) is 0 Å². The van der Waals surface area contributed by atoms with Crippen LogP contribution in [0.3, 0.4) is 0 Å². The Labute approximate surface area is 482 Å². The Morgan fingerprint density at radius 1 is 0.295 bits per heavy atom. The number of esters is 2. The summed E-state index contributed by atoms with van der Waals surface area (Å²) in [6.07, 6.45) is 101. The summed E-state index contributed by atoms with van der Waals surface area (Å²) in [7, 11) is 0. The second kappa shape index (κ2) is 67.1. The van der Waals surface area contributed by atoms with Crippen molar-refractivity contribution in [1.29, 1.82) is 0 Å². The Morgan fingerprint density at radius 3 is 0.769 bits per heavy atom. The number of rotatable bonds is 58. The Bertz CT molecular complexity index is 1650. The molecule has 78 heavy (non-hydrogen) atoms. The van der Waals surface area contributed by atoms with E-state index in [1.54, 1.807) is 0 Å². The molecule has 0 aromatic carbocycles. The zero-order chi connectivity index (χ0) is 56.2. The molecular formula is C73H120O5. The van der Waals surface area contributed by atoms with Crippen LogP contribution in [0.1, 0.15) is 284 Å². The number of ether oxygens (including phenoxy) is 2. The smallest absolute Gasteiger partial charge is 0.306 e. The first-order valence-electron chi connectivity index (χ1n) is 32.4. The number of aliphatic hydroxyl groups excluding tert-OH is 1. The molecule has 0 aliphatic carbocycles. The molecule has 0 fully saturated rings. The predicted molar refractivity (Wildman–Crippen MR) is 343 cm³/mol. The largest absolute Gasteiger partial charge is 0.462 e. The van der Waals surface area contributed by atoms with Gasteiger partial charge in [-0.1, -0.05) is 301 Å². The maximum Gasteiger partial charge on any atom is 0.306 e. The van der Waals surface area contributed by atoms with Crippen LogP contribution in [-0.2, 0) is 19.1 Å². The minimum absolute atomic E-state index is 0.0745. The van der Waals surface area contributed by atoms with E-state index in [0.717, 1.165) is 116 Å². The van der Waals surface area contributed by atoms with E-state index in [0.29, 0.717) is 12.8 Å². The molecule has 1 unspecified atom stereocenters. The number of hydrogen-bond acceptors (Lipinski definition) is 5. The van der Waals surface area contributed by atoms with Gasteiger partial charge in [0.05, 0.1) is 6.61 Å². The third-order valence-corrected chi connectivity index (χ3v) is 13.6.